The predicted molar refractivity (Wildman–Crippen MR) is 225 cm³/mol. The van der Waals surface area contributed by atoms with Crippen LogP contribution in [0.5, 0.6) is 0 Å². The fourth-order valence-corrected chi connectivity index (χ4v) is 7.46. The number of nitrogens with zero attached hydrogens (tertiary/aromatic N) is 8. The van der Waals surface area contributed by atoms with Gasteiger partial charge in [0.25, 0.3) is 5.91 Å². The van der Waals surface area contributed by atoms with Crippen molar-refractivity contribution >= 4 is 39.3 Å². The molecule has 2 aromatic carbocycles. The molecule has 0 unspecified atom stereocenters. The molecule has 2 aliphatic rings. The van der Waals surface area contributed by atoms with Gasteiger partial charge in [-0.25, -0.2) is 14.4 Å². The van der Waals surface area contributed by atoms with Gasteiger partial charge in [-0.1, -0.05) is 24.3 Å². The van der Waals surface area contributed by atoms with Crippen LogP contribution in [-0.2, 0) is 9.47 Å². The summed E-state index contributed by atoms with van der Waals surface area (Å²) >= 11 is 0. The standard InChI is InChI=1S/C23H22N6O2.C21H18FN5O/c1-24-23(30)16-4-2-3-15(13-16)18-14-20(29-9-11-31-12-10-29)27-21-17(18)5-7-25-22(21)19-6-8-26-28-19;22-15-3-1-2-14(12-15)17-13-19(27-8-10-28-11-9-27)25-20-16(17)4-6-23-21(20)18-5-7-24-26-18/h2-8,13-14H,9-12H2,1H3,(H,24,30)(H,26,28);1-7,12-13H,8-11H2,(H,24,26). The van der Waals surface area contributed by atoms with Gasteiger partial charge in [0.05, 0.1) is 37.8 Å². The zero-order valence-corrected chi connectivity index (χ0v) is 32.2. The van der Waals surface area contributed by atoms with Crippen molar-refractivity contribution in [1.82, 2.24) is 45.6 Å². The van der Waals surface area contributed by atoms with Crippen molar-refractivity contribution in [1.29, 1.82) is 0 Å². The monoisotopic (exact) mass is 789 g/mol. The van der Waals surface area contributed by atoms with Gasteiger partial charge in [0.1, 0.15) is 39.9 Å². The highest BCUT2D eigenvalue weighted by molar-refractivity contribution is 6.03. The van der Waals surface area contributed by atoms with E-state index in [1.165, 1.54) is 6.07 Å². The van der Waals surface area contributed by atoms with Crippen molar-refractivity contribution < 1.29 is 18.7 Å². The molecule has 0 spiro atoms. The first-order chi connectivity index (χ1) is 29.0. The molecule has 0 atom stereocenters. The summed E-state index contributed by atoms with van der Waals surface area (Å²) in [7, 11) is 1.63. The topological polar surface area (TPSA) is 163 Å². The number of H-pyrrole nitrogens is 2. The Hall–Kier alpha value is -7.10. The highest BCUT2D eigenvalue weighted by Crippen LogP contribution is 2.37. The van der Waals surface area contributed by atoms with E-state index in [1.807, 2.05) is 60.7 Å². The van der Waals surface area contributed by atoms with Crippen molar-refractivity contribution in [3.8, 4) is 45.0 Å². The summed E-state index contributed by atoms with van der Waals surface area (Å²) in [5.41, 5.74) is 8.91. The Labute approximate surface area is 338 Å². The number of aromatic amines is 2. The van der Waals surface area contributed by atoms with E-state index in [-0.39, 0.29) is 11.7 Å². The van der Waals surface area contributed by atoms with Gasteiger partial charge in [-0.3, -0.25) is 25.0 Å². The summed E-state index contributed by atoms with van der Waals surface area (Å²) in [6.07, 6.45) is 6.92. The number of fused-ring (bicyclic) bond motifs is 2. The molecule has 0 aliphatic carbocycles. The van der Waals surface area contributed by atoms with Crippen LogP contribution in [-0.4, -0.2) is 106 Å². The average Bonchev–Trinajstić information content (AvgIpc) is 4.05. The maximum atomic E-state index is 13.9. The van der Waals surface area contributed by atoms with E-state index in [4.69, 9.17) is 19.4 Å². The van der Waals surface area contributed by atoms with Crippen LogP contribution in [0.4, 0.5) is 16.0 Å². The Morgan fingerprint density at radius 2 is 1.15 bits per heavy atom. The second-order valence-electron chi connectivity index (χ2n) is 14.0. The fourth-order valence-electron chi connectivity index (χ4n) is 7.46. The number of hydrogen-bond donors (Lipinski definition) is 3. The third kappa shape index (κ3) is 7.80. The van der Waals surface area contributed by atoms with Crippen LogP contribution >= 0.6 is 0 Å². The van der Waals surface area contributed by atoms with Gasteiger partial charge in [-0.15, -0.1) is 0 Å². The molecule has 10 rings (SSSR count). The van der Waals surface area contributed by atoms with Crippen LogP contribution < -0.4 is 15.1 Å². The summed E-state index contributed by atoms with van der Waals surface area (Å²) in [4.78, 5) is 35.7. The van der Waals surface area contributed by atoms with Crippen molar-refractivity contribution in [2.75, 3.05) is 69.5 Å². The lowest BCUT2D eigenvalue weighted by Crippen LogP contribution is -2.36. The van der Waals surface area contributed by atoms with Gasteiger partial charge in [0, 0.05) is 74.3 Å². The molecule has 1 amide bonds. The van der Waals surface area contributed by atoms with E-state index in [9.17, 15) is 9.18 Å². The molecular weight excluding hydrogens is 750 g/mol. The number of rotatable bonds is 7. The van der Waals surface area contributed by atoms with E-state index in [0.29, 0.717) is 32.0 Å². The molecule has 296 valence electrons. The summed E-state index contributed by atoms with van der Waals surface area (Å²) in [5.74, 6) is 1.32. The van der Waals surface area contributed by atoms with E-state index in [0.717, 1.165) is 105 Å². The van der Waals surface area contributed by atoms with Gasteiger partial charge in [-0.2, -0.15) is 10.2 Å². The fraction of sp³-hybridized carbons (Fsp3) is 0.205. The largest absolute Gasteiger partial charge is 0.378 e. The van der Waals surface area contributed by atoms with Crippen LogP contribution in [0.25, 0.3) is 66.8 Å². The van der Waals surface area contributed by atoms with Gasteiger partial charge >= 0.3 is 0 Å². The molecule has 0 bridgehead atoms. The first-order valence-corrected chi connectivity index (χ1v) is 19.4. The summed E-state index contributed by atoms with van der Waals surface area (Å²) < 4.78 is 24.9. The van der Waals surface area contributed by atoms with Crippen molar-refractivity contribution in [2.45, 2.75) is 0 Å². The molecule has 2 fully saturated rings. The average molecular weight is 790 g/mol. The second-order valence-corrected chi connectivity index (χ2v) is 14.0. The Balaban J connectivity index is 0.000000153. The number of halogens is 1. The minimum atomic E-state index is -0.266. The quantitative estimate of drug-likeness (QED) is 0.161. The van der Waals surface area contributed by atoms with Crippen molar-refractivity contribution in [2.24, 2.45) is 0 Å². The number of nitrogens with one attached hydrogen (secondary N) is 3. The summed E-state index contributed by atoms with van der Waals surface area (Å²) in [6, 6.07) is 26.0. The molecule has 8 aromatic rings. The number of benzene rings is 2. The molecular formula is C44H40FN11O3. The van der Waals surface area contributed by atoms with E-state index in [1.54, 1.807) is 44.0 Å². The summed E-state index contributed by atoms with van der Waals surface area (Å²) in [5, 5.41) is 18.7. The Bertz CT molecular complexity index is 2730. The number of hydrogen-bond acceptors (Lipinski definition) is 11. The molecule has 3 N–H and O–H groups in total. The molecule has 2 aliphatic heterocycles. The Morgan fingerprint density at radius 1 is 0.644 bits per heavy atom. The molecule has 8 heterocycles. The third-order valence-corrected chi connectivity index (χ3v) is 10.4. The molecule has 6 aromatic heterocycles. The molecule has 59 heavy (non-hydrogen) atoms. The lowest BCUT2D eigenvalue weighted by molar-refractivity contribution is 0.0963. The van der Waals surface area contributed by atoms with Crippen LogP contribution in [0.3, 0.4) is 0 Å². The van der Waals surface area contributed by atoms with Gasteiger partial charge < -0.3 is 24.6 Å². The van der Waals surface area contributed by atoms with Crippen LogP contribution in [0.2, 0.25) is 0 Å². The number of anilines is 2. The van der Waals surface area contributed by atoms with E-state index in [2.05, 4.69) is 51.5 Å². The number of carbonyl (C=O) groups is 1. The number of ether oxygens (including phenoxy) is 2. The molecule has 14 nitrogen and oxygen atoms in total. The van der Waals surface area contributed by atoms with Crippen LogP contribution in [0.1, 0.15) is 10.4 Å². The van der Waals surface area contributed by atoms with Crippen LogP contribution in [0.15, 0.2) is 110 Å². The predicted octanol–water partition coefficient (Wildman–Crippen LogP) is 6.55. The molecule has 15 heteroatoms. The number of aromatic nitrogens is 8. The number of morpholine rings is 2. The number of pyridine rings is 4. The van der Waals surface area contributed by atoms with Crippen LogP contribution in [0, 0.1) is 5.82 Å². The van der Waals surface area contributed by atoms with E-state index >= 15 is 0 Å². The lowest BCUT2D eigenvalue weighted by atomic mass is 9.98. The Morgan fingerprint density at radius 3 is 1.63 bits per heavy atom. The van der Waals surface area contributed by atoms with Crippen molar-refractivity contribution in [3.63, 3.8) is 0 Å². The molecule has 0 saturated carbocycles. The van der Waals surface area contributed by atoms with Crippen molar-refractivity contribution in [3.05, 3.63) is 121 Å². The third-order valence-electron chi connectivity index (χ3n) is 10.4. The van der Waals surface area contributed by atoms with Gasteiger partial charge in [-0.05, 0) is 82.9 Å². The Kier molecular flexibility index (Phi) is 10.7. The normalized spacial score (nSPS) is 14.3. The first-order valence-electron chi connectivity index (χ1n) is 19.4. The van der Waals surface area contributed by atoms with E-state index < -0.39 is 0 Å². The molecule has 0 radical (unpaired) electrons. The minimum Gasteiger partial charge on any atom is -0.378 e. The number of amides is 1. The minimum absolute atomic E-state index is 0.117. The maximum Gasteiger partial charge on any atom is 0.251 e. The second kappa shape index (κ2) is 16.8. The van der Waals surface area contributed by atoms with Gasteiger partial charge in [0.15, 0.2) is 0 Å². The van der Waals surface area contributed by atoms with Gasteiger partial charge in [0.2, 0.25) is 0 Å². The maximum absolute atomic E-state index is 13.9. The lowest BCUT2D eigenvalue weighted by Gasteiger charge is -2.28. The first kappa shape index (κ1) is 37.5. The SMILES string of the molecule is CNC(=O)c1cccc(-c2cc(N3CCOCC3)nc3c(-c4ccn[nH]4)nccc23)c1.Fc1cccc(-c2cc(N3CCOCC3)nc3c(-c4ccn[nH]4)nccc23)c1. The smallest absolute Gasteiger partial charge is 0.251 e. The highest BCUT2D eigenvalue weighted by Gasteiger charge is 2.21. The zero-order valence-electron chi connectivity index (χ0n) is 32.2. The number of carbonyl (C=O) groups excluding carboxylic acids is 1. The highest BCUT2D eigenvalue weighted by atomic mass is 19.1. The summed E-state index contributed by atoms with van der Waals surface area (Å²) in [6.45, 7) is 5.74. The zero-order chi connectivity index (χ0) is 40.1. The molecule has 2 saturated heterocycles.